The Morgan fingerprint density at radius 2 is 1.90 bits per heavy atom. The minimum Gasteiger partial charge on any atom is -0.447 e. The normalized spacial score (nSPS) is 14.6. The molecule has 7 nitrogen and oxygen atoms in total. The minimum atomic E-state index is -0.259. The molecule has 8 heteroatoms. The SMILES string of the molecule is O=C(NCCc1ccccn1)c1coc(CN2CCN(c3ccccc3F)CC2)n1. The number of aromatic nitrogens is 2. The van der Waals surface area contributed by atoms with Crippen LogP contribution in [-0.4, -0.2) is 53.5 Å². The first-order valence-corrected chi connectivity index (χ1v) is 10.0. The fraction of sp³-hybridized carbons (Fsp3) is 0.318. The second-order valence-corrected chi connectivity index (χ2v) is 7.17. The predicted molar refractivity (Wildman–Crippen MR) is 111 cm³/mol. The van der Waals surface area contributed by atoms with Gasteiger partial charge in [-0.05, 0) is 24.3 Å². The Hall–Kier alpha value is -3.26. The van der Waals surface area contributed by atoms with Crippen molar-refractivity contribution in [1.29, 1.82) is 0 Å². The fourth-order valence-corrected chi connectivity index (χ4v) is 3.47. The zero-order valence-corrected chi connectivity index (χ0v) is 16.6. The summed E-state index contributed by atoms with van der Waals surface area (Å²) in [6.07, 6.45) is 3.78. The van der Waals surface area contributed by atoms with Gasteiger partial charge in [0, 0.05) is 51.0 Å². The first kappa shape index (κ1) is 20.0. The molecule has 1 fully saturated rings. The maximum atomic E-state index is 14.0. The summed E-state index contributed by atoms with van der Waals surface area (Å²) < 4.78 is 19.4. The summed E-state index contributed by atoms with van der Waals surface area (Å²) in [6.45, 7) is 3.98. The molecule has 1 amide bonds. The van der Waals surface area contributed by atoms with Crippen LogP contribution in [0.15, 0.2) is 59.3 Å². The summed E-state index contributed by atoms with van der Waals surface area (Å²) in [5.41, 5.74) is 1.84. The summed E-state index contributed by atoms with van der Waals surface area (Å²) in [4.78, 5) is 25.0. The third kappa shape index (κ3) is 5.01. The number of benzene rings is 1. The van der Waals surface area contributed by atoms with Crippen molar-refractivity contribution in [1.82, 2.24) is 20.2 Å². The number of carbonyl (C=O) groups excluding carboxylic acids is 1. The van der Waals surface area contributed by atoms with Crippen LogP contribution in [0.3, 0.4) is 0 Å². The van der Waals surface area contributed by atoms with Crippen molar-refractivity contribution >= 4 is 11.6 Å². The van der Waals surface area contributed by atoms with E-state index in [-0.39, 0.29) is 17.4 Å². The lowest BCUT2D eigenvalue weighted by Crippen LogP contribution is -2.46. The predicted octanol–water partition coefficient (Wildman–Crippen LogP) is 2.50. The van der Waals surface area contributed by atoms with E-state index in [4.69, 9.17) is 4.42 Å². The zero-order chi connectivity index (χ0) is 20.8. The molecule has 1 saturated heterocycles. The van der Waals surface area contributed by atoms with Gasteiger partial charge in [-0.2, -0.15) is 0 Å². The summed E-state index contributed by atoms with van der Waals surface area (Å²) in [6, 6.07) is 12.5. The van der Waals surface area contributed by atoms with Crippen LogP contribution in [0.2, 0.25) is 0 Å². The van der Waals surface area contributed by atoms with E-state index in [1.54, 1.807) is 18.3 Å². The van der Waals surface area contributed by atoms with Crippen molar-refractivity contribution in [3.8, 4) is 0 Å². The molecule has 3 aromatic rings. The number of nitrogens with zero attached hydrogens (tertiary/aromatic N) is 4. The van der Waals surface area contributed by atoms with Crippen molar-refractivity contribution < 1.29 is 13.6 Å². The lowest BCUT2D eigenvalue weighted by molar-refractivity contribution is 0.0949. The number of carbonyl (C=O) groups is 1. The second kappa shape index (κ2) is 9.49. The number of rotatable bonds is 7. The van der Waals surface area contributed by atoms with E-state index >= 15 is 0 Å². The van der Waals surface area contributed by atoms with E-state index in [2.05, 4.69) is 20.2 Å². The molecule has 1 aliphatic rings. The molecule has 0 saturated carbocycles. The molecule has 0 unspecified atom stereocenters. The second-order valence-electron chi connectivity index (χ2n) is 7.17. The summed E-state index contributed by atoms with van der Waals surface area (Å²) in [5.74, 6) is 0.0480. The van der Waals surface area contributed by atoms with Gasteiger partial charge in [-0.3, -0.25) is 14.7 Å². The molecule has 0 aliphatic carbocycles. The van der Waals surface area contributed by atoms with Gasteiger partial charge < -0.3 is 14.6 Å². The highest BCUT2D eigenvalue weighted by Gasteiger charge is 2.21. The third-order valence-electron chi connectivity index (χ3n) is 5.10. The molecule has 156 valence electrons. The number of hydrogen-bond acceptors (Lipinski definition) is 6. The number of oxazole rings is 1. The minimum absolute atomic E-state index is 0.197. The first-order chi connectivity index (χ1) is 14.7. The summed E-state index contributed by atoms with van der Waals surface area (Å²) in [5, 5.41) is 2.84. The summed E-state index contributed by atoms with van der Waals surface area (Å²) >= 11 is 0. The van der Waals surface area contributed by atoms with E-state index in [0.29, 0.717) is 31.1 Å². The molecule has 0 spiro atoms. The maximum absolute atomic E-state index is 14.0. The number of hydrogen-bond donors (Lipinski definition) is 1. The quantitative estimate of drug-likeness (QED) is 0.646. The molecule has 0 radical (unpaired) electrons. The highest BCUT2D eigenvalue weighted by Crippen LogP contribution is 2.20. The highest BCUT2D eigenvalue weighted by atomic mass is 19.1. The molecule has 1 aliphatic heterocycles. The van der Waals surface area contributed by atoms with Crippen LogP contribution in [0.25, 0.3) is 0 Å². The van der Waals surface area contributed by atoms with Crippen LogP contribution >= 0.6 is 0 Å². The topological polar surface area (TPSA) is 74.5 Å². The number of anilines is 1. The Kier molecular flexibility index (Phi) is 6.34. The lowest BCUT2D eigenvalue weighted by atomic mass is 10.2. The monoisotopic (exact) mass is 409 g/mol. The Bertz CT molecular complexity index is 970. The van der Waals surface area contributed by atoms with Crippen LogP contribution in [-0.2, 0) is 13.0 Å². The molecule has 4 rings (SSSR count). The van der Waals surface area contributed by atoms with E-state index in [9.17, 15) is 9.18 Å². The van der Waals surface area contributed by atoms with E-state index in [1.807, 2.05) is 29.2 Å². The van der Waals surface area contributed by atoms with Crippen molar-refractivity contribution in [2.45, 2.75) is 13.0 Å². The van der Waals surface area contributed by atoms with Gasteiger partial charge in [0.25, 0.3) is 5.91 Å². The molecular weight excluding hydrogens is 385 g/mol. The van der Waals surface area contributed by atoms with Crippen molar-refractivity contribution in [3.05, 3.63) is 78.0 Å². The molecule has 3 heterocycles. The number of piperazine rings is 1. The van der Waals surface area contributed by atoms with E-state index in [1.165, 1.54) is 12.3 Å². The average molecular weight is 409 g/mol. The van der Waals surface area contributed by atoms with Gasteiger partial charge in [0.15, 0.2) is 5.69 Å². The Morgan fingerprint density at radius 3 is 2.67 bits per heavy atom. The number of nitrogens with one attached hydrogen (secondary N) is 1. The van der Waals surface area contributed by atoms with Gasteiger partial charge in [0.05, 0.1) is 12.2 Å². The van der Waals surface area contributed by atoms with Gasteiger partial charge >= 0.3 is 0 Å². The molecule has 0 bridgehead atoms. The third-order valence-corrected chi connectivity index (χ3v) is 5.10. The smallest absolute Gasteiger partial charge is 0.273 e. The van der Waals surface area contributed by atoms with Gasteiger partial charge in [-0.15, -0.1) is 0 Å². The average Bonchev–Trinajstić information content (AvgIpc) is 3.24. The standard InChI is InChI=1S/C22H24FN5O2/c23-18-6-1-2-7-20(18)28-13-11-27(12-14-28)15-21-26-19(16-30-21)22(29)25-10-8-17-5-3-4-9-24-17/h1-7,9,16H,8,10-15H2,(H,25,29). The number of halogens is 1. The molecular formula is C22H24FN5O2. The van der Waals surface area contributed by atoms with Crippen LogP contribution in [0.4, 0.5) is 10.1 Å². The van der Waals surface area contributed by atoms with Crippen molar-refractivity contribution in [2.75, 3.05) is 37.6 Å². The van der Waals surface area contributed by atoms with Gasteiger partial charge in [0.1, 0.15) is 12.1 Å². The van der Waals surface area contributed by atoms with Gasteiger partial charge in [0.2, 0.25) is 5.89 Å². The highest BCUT2D eigenvalue weighted by molar-refractivity contribution is 5.91. The van der Waals surface area contributed by atoms with Gasteiger partial charge in [-0.25, -0.2) is 9.37 Å². The van der Waals surface area contributed by atoms with Crippen molar-refractivity contribution in [3.63, 3.8) is 0 Å². The fourth-order valence-electron chi connectivity index (χ4n) is 3.47. The Morgan fingerprint density at radius 1 is 1.10 bits per heavy atom. The van der Waals surface area contributed by atoms with E-state index in [0.717, 1.165) is 31.9 Å². The molecule has 0 atom stereocenters. The zero-order valence-electron chi connectivity index (χ0n) is 16.6. The Labute approximate surface area is 174 Å². The van der Waals surface area contributed by atoms with Crippen LogP contribution < -0.4 is 10.2 Å². The molecule has 2 aromatic heterocycles. The Balaban J connectivity index is 1.24. The van der Waals surface area contributed by atoms with Crippen LogP contribution in [0.5, 0.6) is 0 Å². The lowest BCUT2D eigenvalue weighted by Gasteiger charge is -2.35. The molecule has 30 heavy (non-hydrogen) atoms. The van der Waals surface area contributed by atoms with Crippen molar-refractivity contribution in [2.24, 2.45) is 0 Å². The number of pyridine rings is 1. The van der Waals surface area contributed by atoms with Gasteiger partial charge in [-0.1, -0.05) is 18.2 Å². The largest absolute Gasteiger partial charge is 0.447 e. The van der Waals surface area contributed by atoms with Crippen LogP contribution in [0, 0.1) is 5.82 Å². The molecule has 1 N–H and O–H groups in total. The number of amides is 1. The van der Waals surface area contributed by atoms with E-state index < -0.39 is 0 Å². The first-order valence-electron chi connectivity index (χ1n) is 10.0. The summed E-state index contributed by atoms with van der Waals surface area (Å²) in [7, 11) is 0. The van der Waals surface area contributed by atoms with Crippen LogP contribution in [0.1, 0.15) is 22.1 Å². The number of para-hydroxylation sites is 1. The maximum Gasteiger partial charge on any atom is 0.273 e. The molecule has 1 aromatic carbocycles.